The van der Waals surface area contributed by atoms with Gasteiger partial charge in [-0.1, -0.05) is 0 Å². The maximum absolute atomic E-state index is 5.38. The summed E-state index contributed by atoms with van der Waals surface area (Å²) in [4.78, 5) is 2.54. The maximum atomic E-state index is 5.38. The normalized spacial score (nSPS) is 30.0. The zero-order valence-corrected chi connectivity index (χ0v) is 9.17. The van der Waals surface area contributed by atoms with Crippen LogP contribution in [0.5, 0.6) is 0 Å². The van der Waals surface area contributed by atoms with Gasteiger partial charge in [-0.05, 0) is 38.8 Å². The Morgan fingerprint density at radius 1 is 1.29 bits per heavy atom. The highest BCUT2D eigenvalue weighted by molar-refractivity contribution is 4.80. The second kappa shape index (κ2) is 5.10. The lowest BCUT2D eigenvalue weighted by Gasteiger charge is -2.30. The van der Waals surface area contributed by atoms with Crippen LogP contribution in [0.1, 0.15) is 19.3 Å². The zero-order chi connectivity index (χ0) is 9.80. The number of nitrogens with one attached hydrogen (secondary N) is 1. The van der Waals surface area contributed by atoms with E-state index in [1.165, 1.54) is 38.9 Å². The molecule has 82 valence electrons. The molecule has 0 aromatic heterocycles. The molecule has 3 nitrogen and oxygen atoms in total. The lowest BCUT2D eigenvalue weighted by molar-refractivity contribution is 0.0514. The average Bonchev–Trinajstić information content (AvgIpc) is 2.72. The topological polar surface area (TPSA) is 24.5 Å². The summed E-state index contributed by atoms with van der Waals surface area (Å²) in [5, 5.41) is 3.42. The first kappa shape index (κ1) is 10.4. The van der Waals surface area contributed by atoms with E-state index >= 15 is 0 Å². The van der Waals surface area contributed by atoms with E-state index in [-0.39, 0.29) is 0 Å². The molecule has 2 heterocycles. The Morgan fingerprint density at radius 2 is 2.07 bits per heavy atom. The van der Waals surface area contributed by atoms with Gasteiger partial charge in [0.1, 0.15) is 0 Å². The molecule has 0 aromatic carbocycles. The third-order valence-corrected chi connectivity index (χ3v) is 3.54. The van der Waals surface area contributed by atoms with E-state index in [1.54, 1.807) is 0 Å². The Morgan fingerprint density at radius 3 is 2.71 bits per heavy atom. The first-order chi connectivity index (χ1) is 6.86. The van der Waals surface area contributed by atoms with Crippen LogP contribution >= 0.6 is 0 Å². The third kappa shape index (κ3) is 2.69. The van der Waals surface area contributed by atoms with Gasteiger partial charge in [0, 0.05) is 32.3 Å². The van der Waals surface area contributed by atoms with Gasteiger partial charge < -0.3 is 15.0 Å². The minimum absolute atomic E-state index is 0.776. The molecule has 2 fully saturated rings. The second-order valence-corrected chi connectivity index (χ2v) is 4.64. The van der Waals surface area contributed by atoms with Crippen molar-refractivity contribution in [2.24, 2.45) is 5.92 Å². The molecule has 0 aliphatic carbocycles. The Kier molecular flexibility index (Phi) is 3.79. The number of hydrogen-bond acceptors (Lipinski definition) is 3. The van der Waals surface area contributed by atoms with E-state index in [0.717, 1.165) is 25.2 Å². The SMILES string of the molecule is CN(CC1CCOCC1)C1CCNC1. The molecule has 0 bridgehead atoms. The van der Waals surface area contributed by atoms with Crippen LogP contribution < -0.4 is 5.32 Å². The van der Waals surface area contributed by atoms with Crippen molar-refractivity contribution in [2.75, 3.05) is 39.9 Å². The first-order valence-electron chi connectivity index (χ1n) is 5.85. The quantitative estimate of drug-likeness (QED) is 0.723. The van der Waals surface area contributed by atoms with Gasteiger partial charge in [-0.3, -0.25) is 0 Å². The summed E-state index contributed by atoms with van der Waals surface area (Å²) in [6.07, 6.45) is 3.83. The smallest absolute Gasteiger partial charge is 0.0469 e. The summed E-state index contributed by atoms with van der Waals surface area (Å²) in [7, 11) is 2.27. The van der Waals surface area contributed by atoms with Crippen molar-refractivity contribution >= 4 is 0 Å². The highest BCUT2D eigenvalue weighted by Crippen LogP contribution is 2.17. The van der Waals surface area contributed by atoms with E-state index in [4.69, 9.17) is 4.74 Å². The van der Waals surface area contributed by atoms with Crippen molar-refractivity contribution in [1.82, 2.24) is 10.2 Å². The monoisotopic (exact) mass is 198 g/mol. The summed E-state index contributed by atoms with van der Waals surface area (Å²) < 4.78 is 5.38. The Balaban J connectivity index is 1.72. The average molecular weight is 198 g/mol. The molecule has 0 aromatic rings. The maximum Gasteiger partial charge on any atom is 0.0469 e. The van der Waals surface area contributed by atoms with Crippen molar-refractivity contribution in [1.29, 1.82) is 0 Å². The number of likely N-dealkylation sites (N-methyl/N-ethyl adjacent to an activating group) is 1. The summed E-state index contributed by atoms with van der Waals surface area (Å²) in [5.74, 6) is 0.870. The van der Waals surface area contributed by atoms with E-state index < -0.39 is 0 Å². The molecule has 2 saturated heterocycles. The summed E-state index contributed by atoms with van der Waals surface area (Å²) in [5.41, 5.74) is 0. The highest BCUT2D eigenvalue weighted by Gasteiger charge is 2.22. The number of hydrogen-bond donors (Lipinski definition) is 1. The third-order valence-electron chi connectivity index (χ3n) is 3.54. The Bertz CT molecular complexity index is 163. The highest BCUT2D eigenvalue weighted by atomic mass is 16.5. The molecule has 14 heavy (non-hydrogen) atoms. The molecule has 0 radical (unpaired) electrons. The summed E-state index contributed by atoms with van der Waals surface area (Å²) >= 11 is 0. The van der Waals surface area contributed by atoms with E-state index in [1.807, 2.05) is 0 Å². The molecule has 0 saturated carbocycles. The van der Waals surface area contributed by atoms with Crippen LogP contribution in [-0.2, 0) is 4.74 Å². The van der Waals surface area contributed by atoms with Crippen LogP contribution in [0.2, 0.25) is 0 Å². The minimum atomic E-state index is 0.776. The molecule has 0 amide bonds. The molecule has 1 unspecified atom stereocenters. The van der Waals surface area contributed by atoms with E-state index in [0.29, 0.717) is 0 Å². The second-order valence-electron chi connectivity index (χ2n) is 4.64. The molecule has 1 N–H and O–H groups in total. The fraction of sp³-hybridized carbons (Fsp3) is 1.00. The molecule has 0 spiro atoms. The van der Waals surface area contributed by atoms with E-state index in [2.05, 4.69) is 17.3 Å². The van der Waals surface area contributed by atoms with Crippen LogP contribution in [0, 0.1) is 5.92 Å². The van der Waals surface area contributed by atoms with Gasteiger partial charge in [0.15, 0.2) is 0 Å². The lowest BCUT2D eigenvalue weighted by Crippen LogP contribution is -2.38. The zero-order valence-electron chi connectivity index (χ0n) is 9.17. The predicted octanol–water partition coefficient (Wildman–Crippen LogP) is 0.707. The fourth-order valence-electron chi connectivity index (χ4n) is 2.50. The Labute approximate surface area is 86.8 Å². The minimum Gasteiger partial charge on any atom is -0.381 e. The van der Waals surface area contributed by atoms with Gasteiger partial charge in [-0.2, -0.15) is 0 Å². The van der Waals surface area contributed by atoms with Crippen LogP contribution in [0.4, 0.5) is 0 Å². The van der Waals surface area contributed by atoms with Crippen molar-refractivity contribution in [2.45, 2.75) is 25.3 Å². The first-order valence-corrected chi connectivity index (χ1v) is 5.85. The number of ether oxygens (including phenoxy) is 1. The predicted molar refractivity (Wildman–Crippen MR) is 57.4 cm³/mol. The van der Waals surface area contributed by atoms with Crippen molar-refractivity contribution in [3.63, 3.8) is 0 Å². The van der Waals surface area contributed by atoms with Crippen molar-refractivity contribution in [3.8, 4) is 0 Å². The number of nitrogens with zero attached hydrogens (tertiary/aromatic N) is 1. The van der Waals surface area contributed by atoms with Crippen molar-refractivity contribution < 1.29 is 4.74 Å². The van der Waals surface area contributed by atoms with E-state index in [9.17, 15) is 0 Å². The van der Waals surface area contributed by atoms with Gasteiger partial charge >= 0.3 is 0 Å². The lowest BCUT2D eigenvalue weighted by atomic mass is 9.99. The standard InChI is InChI=1S/C11H22N2O/c1-13(11-2-5-12-8-11)9-10-3-6-14-7-4-10/h10-12H,2-9H2,1H3. The molecule has 2 rings (SSSR count). The molecule has 2 aliphatic rings. The molecule has 2 aliphatic heterocycles. The molecular formula is C11H22N2O. The van der Waals surface area contributed by atoms with Gasteiger partial charge in [0.2, 0.25) is 0 Å². The largest absolute Gasteiger partial charge is 0.381 e. The van der Waals surface area contributed by atoms with Gasteiger partial charge in [0.25, 0.3) is 0 Å². The van der Waals surface area contributed by atoms with Crippen LogP contribution in [0.3, 0.4) is 0 Å². The van der Waals surface area contributed by atoms with Crippen molar-refractivity contribution in [3.05, 3.63) is 0 Å². The summed E-state index contributed by atoms with van der Waals surface area (Å²) in [6, 6.07) is 0.776. The molecule has 1 atom stereocenters. The molecular weight excluding hydrogens is 176 g/mol. The molecule has 3 heteroatoms. The summed E-state index contributed by atoms with van der Waals surface area (Å²) in [6.45, 7) is 5.58. The van der Waals surface area contributed by atoms with Crippen LogP contribution in [0.15, 0.2) is 0 Å². The number of rotatable bonds is 3. The van der Waals surface area contributed by atoms with Gasteiger partial charge in [-0.25, -0.2) is 0 Å². The van der Waals surface area contributed by atoms with Crippen LogP contribution in [0.25, 0.3) is 0 Å². The Hall–Kier alpha value is -0.120. The van der Waals surface area contributed by atoms with Gasteiger partial charge in [-0.15, -0.1) is 0 Å². The van der Waals surface area contributed by atoms with Gasteiger partial charge in [0.05, 0.1) is 0 Å². The fourth-order valence-corrected chi connectivity index (χ4v) is 2.50. The van der Waals surface area contributed by atoms with Crippen LogP contribution in [-0.4, -0.2) is 50.8 Å².